The largest absolute Gasteiger partial charge is 0.493 e. The first-order valence-corrected chi connectivity index (χ1v) is 12.9. The van der Waals surface area contributed by atoms with Crippen LogP contribution in [0.2, 0.25) is 0 Å². The molecule has 5 heteroatoms. The van der Waals surface area contributed by atoms with Crippen LogP contribution < -0.4 is 4.74 Å². The van der Waals surface area contributed by atoms with Crippen molar-refractivity contribution in [2.45, 2.75) is 111 Å². The van der Waals surface area contributed by atoms with E-state index in [0.29, 0.717) is 36.3 Å². The topological polar surface area (TPSA) is 83.8 Å². The summed E-state index contributed by atoms with van der Waals surface area (Å²) < 4.78 is 6.11. The first kappa shape index (κ1) is 29.0. The number of carboxylic acids is 2. The second-order valence-electron chi connectivity index (χ2n) is 10.1. The highest BCUT2D eigenvalue weighted by Gasteiger charge is 2.32. The van der Waals surface area contributed by atoms with E-state index in [1.807, 2.05) is 27.7 Å². The maximum absolute atomic E-state index is 12.3. The van der Waals surface area contributed by atoms with Gasteiger partial charge in [0.1, 0.15) is 5.75 Å². The Labute approximate surface area is 200 Å². The highest BCUT2D eigenvalue weighted by molar-refractivity contribution is 5.82. The van der Waals surface area contributed by atoms with E-state index in [1.165, 1.54) is 38.5 Å². The van der Waals surface area contributed by atoms with Gasteiger partial charge in [0.2, 0.25) is 0 Å². The molecule has 0 saturated heterocycles. The summed E-state index contributed by atoms with van der Waals surface area (Å²) in [6.45, 7) is 10.7. The number of unbranched alkanes of at least 4 members (excludes halogenated alkanes) is 7. The summed E-state index contributed by atoms with van der Waals surface area (Å²) in [6.07, 6.45) is 10.5. The Morgan fingerprint density at radius 2 is 1.30 bits per heavy atom. The fourth-order valence-electron chi connectivity index (χ4n) is 4.43. The lowest BCUT2D eigenvalue weighted by molar-refractivity contribution is -0.140. The number of carbonyl (C=O) groups is 2. The van der Waals surface area contributed by atoms with E-state index in [2.05, 4.69) is 6.92 Å². The normalized spacial score (nSPS) is 13.3. The fourth-order valence-corrected chi connectivity index (χ4v) is 4.43. The first-order valence-electron chi connectivity index (χ1n) is 12.9. The second-order valence-corrected chi connectivity index (χ2v) is 10.1. The molecule has 0 saturated carbocycles. The molecule has 0 aliphatic rings. The van der Waals surface area contributed by atoms with Gasteiger partial charge in [-0.1, -0.05) is 91.7 Å². The molecule has 0 heterocycles. The van der Waals surface area contributed by atoms with E-state index in [9.17, 15) is 19.8 Å². The zero-order valence-corrected chi connectivity index (χ0v) is 21.4. The van der Waals surface area contributed by atoms with Crippen molar-refractivity contribution in [2.75, 3.05) is 6.61 Å². The maximum Gasteiger partial charge on any atom is 0.311 e. The summed E-state index contributed by atoms with van der Waals surface area (Å²) in [5.74, 6) is -2.52. The summed E-state index contributed by atoms with van der Waals surface area (Å²) in [5.41, 5.74) is 1.13. The fraction of sp³-hybridized carbons (Fsp3) is 0.714. The summed E-state index contributed by atoms with van der Waals surface area (Å²) in [4.78, 5) is 24.4. The van der Waals surface area contributed by atoms with Crippen molar-refractivity contribution in [3.63, 3.8) is 0 Å². The Morgan fingerprint density at radius 1 is 0.788 bits per heavy atom. The average Bonchev–Trinajstić information content (AvgIpc) is 2.74. The average molecular weight is 463 g/mol. The molecule has 188 valence electrons. The van der Waals surface area contributed by atoms with Crippen molar-refractivity contribution >= 4 is 11.9 Å². The van der Waals surface area contributed by atoms with Gasteiger partial charge >= 0.3 is 11.9 Å². The molecule has 1 aromatic carbocycles. The van der Waals surface area contributed by atoms with Gasteiger partial charge in [-0.2, -0.15) is 0 Å². The minimum absolute atomic E-state index is 0.160. The Bertz CT molecular complexity index is 710. The third kappa shape index (κ3) is 10.6. The van der Waals surface area contributed by atoms with Gasteiger partial charge in [0, 0.05) is 5.56 Å². The minimum atomic E-state index is -0.929. The van der Waals surface area contributed by atoms with Gasteiger partial charge < -0.3 is 14.9 Å². The van der Waals surface area contributed by atoms with Crippen molar-refractivity contribution in [2.24, 2.45) is 11.8 Å². The highest BCUT2D eigenvalue weighted by atomic mass is 16.5. The molecule has 0 radical (unpaired) electrons. The van der Waals surface area contributed by atoms with Crippen LogP contribution in [0.4, 0.5) is 0 Å². The summed E-state index contributed by atoms with van der Waals surface area (Å²) >= 11 is 0. The van der Waals surface area contributed by atoms with E-state index < -0.39 is 23.8 Å². The van der Waals surface area contributed by atoms with Gasteiger partial charge in [0.25, 0.3) is 0 Å². The molecular formula is C28H46O5. The van der Waals surface area contributed by atoms with Gasteiger partial charge in [-0.3, -0.25) is 9.59 Å². The quantitative estimate of drug-likeness (QED) is 0.219. The molecule has 0 aromatic heterocycles. The SMILES string of the molecule is CCCCCCCCCCOc1cccc(C(CC(C)C)C(=O)O)c1C(CC(C)C)C(=O)O. The van der Waals surface area contributed by atoms with Crippen molar-refractivity contribution in [1.29, 1.82) is 0 Å². The van der Waals surface area contributed by atoms with Crippen LogP contribution in [0.15, 0.2) is 18.2 Å². The van der Waals surface area contributed by atoms with E-state index in [-0.39, 0.29) is 11.8 Å². The van der Waals surface area contributed by atoms with E-state index in [4.69, 9.17) is 4.74 Å². The number of rotatable bonds is 18. The van der Waals surface area contributed by atoms with Crippen LogP contribution in [0.1, 0.15) is 122 Å². The van der Waals surface area contributed by atoms with Crippen LogP contribution in [0.25, 0.3) is 0 Å². The van der Waals surface area contributed by atoms with Crippen LogP contribution in [0.5, 0.6) is 5.75 Å². The van der Waals surface area contributed by atoms with Crippen LogP contribution >= 0.6 is 0 Å². The maximum atomic E-state index is 12.3. The molecule has 0 aliphatic heterocycles. The van der Waals surface area contributed by atoms with Gasteiger partial charge in [-0.05, 0) is 42.7 Å². The predicted molar refractivity (Wildman–Crippen MR) is 134 cm³/mol. The van der Waals surface area contributed by atoms with Crippen LogP contribution in [-0.4, -0.2) is 28.8 Å². The molecule has 0 bridgehead atoms. The molecule has 1 aromatic rings. The van der Waals surface area contributed by atoms with Crippen LogP contribution in [0.3, 0.4) is 0 Å². The number of ether oxygens (including phenoxy) is 1. The third-order valence-corrected chi connectivity index (χ3v) is 6.09. The molecular weight excluding hydrogens is 416 g/mol. The number of hydrogen-bond donors (Lipinski definition) is 2. The first-order chi connectivity index (χ1) is 15.7. The minimum Gasteiger partial charge on any atom is -0.493 e. The Morgan fingerprint density at radius 3 is 1.82 bits per heavy atom. The molecule has 0 spiro atoms. The molecule has 0 amide bonds. The molecule has 0 fully saturated rings. The van der Waals surface area contributed by atoms with Crippen molar-refractivity contribution in [3.05, 3.63) is 29.3 Å². The number of benzene rings is 1. The van der Waals surface area contributed by atoms with E-state index in [0.717, 1.165) is 12.8 Å². The van der Waals surface area contributed by atoms with Crippen molar-refractivity contribution < 1.29 is 24.5 Å². The molecule has 1 rings (SSSR count). The lowest BCUT2D eigenvalue weighted by Crippen LogP contribution is -2.22. The lowest BCUT2D eigenvalue weighted by Gasteiger charge is -2.25. The van der Waals surface area contributed by atoms with Crippen molar-refractivity contribution in [1.82, 2.24) is 0 Å². The van der Waals surface area contributed by atoms with Crippen LogP contribution in [-0.2, 0) is 9.59 Å². The van der Waals surface area contributed by atoms with Gasteiger partial charge in [-0.25, -0.2) is 0 Å². The van der Waals surface area contributed by atoms with Gasteiger partial charge in [0.15, 0.2) is 0 Å². The molecule has 2 atom stereocenters. The molecule has 2 unspecified atom stereocenters. The van der Waals surface area contributed by atoms with E-state index >= 15 is 0 Å². The zero-order chi connectivity index (χ0) is 24.8. The molecule has 0 aliphatic carbocycles. The number of carboxylic acid groups (broad SMARTS) is 2. The molecule has 33 heavy (non-hydrogen) atoms. The standard InChI is InChI=1S/C28H46O5/c1-6-7-8-9-10-11-12-13-17-33-25-16-14-15-22(23(27(29)30)18-20(2)3)26(25)24(28(31)32)19-21(4)5/h14-16,20-21,23-24H,6-13,17-19H2,1-5H3,(H,29,30)(H,31,32). The number of aliphatic carboxylic acids is 2. The summed E-state index contributed by atoms with van der Waals surface area (Å²) in [7, 11) is 0. The Balaban J connectivity index is 3.06. The smallest absolute Gasteiger partial charge is 0.311 e. The lowest BCUT2D eigenvalue weighted by atomic mass is 9.80. The third-order valence-electron chi connectivity index (χ3n) is 6.09. The van der Waals surface area contributed by atoms with E-state index in [1.54, 1.807) is 18.2 Å². The van der Waals surface area contributed by atoms with Gasteiger partial charge in [0.05, 0.1) is 18.4 Å². The predicted octanol–water partition coefficient (Wildman–Crippen LogP) is 7.63. The molecule has 5 nitrogen and oxygen atoms in total. The Kier molecular flexibility index (Phi) is 13.8. The summed E-state index contributed by atoms with van der Waals surface area (Å²) in [6, 6.07) is 5.37. The highest BCUT2D eigenvalue weighted by Crippen LogP contribution is 2.40. The number of hydrogen-bond acceptors (Lipinski definition) is 3. The monoisotopic (exact) mass is 462 g/mol. The summed E-state index contributed by atoms with van der Waals surface area (Å²) in [5, 5.41) is 20.0. The zero-order valence-electron chi connectivity index (χ0n) is 21.4. The van der Waals surface area contributed by atoms with Gasteiger partial charge in [-0.15, -0.1) is 0 Å². The van der Waals surface area contributed by atoms with Crippen LogP contribution in [0, 0.1) is 11.8 Å². The molecule has 2 N–H and O–H groups in total. The second kappa shape index (κ2) is 15.7. The Hall–Kier alpha value is -2.04. The van der Waals surface area contributed by atoms with Crippen molar-refractivity contribution in [3.8, 4) is 5.75 Å².